The highest BCUT2D eigenvalue weighted by molar-refractivity contribution is 5.81. The van der Waals surface area contributed by atoms with Crippen molar-refractivity contribution in [3.63, 3.8) is 0 Å². The van der Waals surface area contributed by atoms with Crippen molar-refractivity contribution < 1.29 is 4.79 Å². The van der Waals surface area contributed by atoms with Crippen LogP contribution >= 0.6 is 0 Å². The third-order valence-electron chi connectivity index (χ3n) is 4.90. The van der Waals surface area contributed by atoms with Gasteiger partial charge in [0.05, 0.1) is 0 Å². The average molecular weight is 271 g/mol. The molecule has 2 aliphatic rings. The summed E-state index contributed by atoms with van der Waals surface area (Å²) in [5.41, 5.74) is 2.73. The average Bonchev–Trinajstić information content (AvgIpc) is 3.18. The number of hydrogen-bond acceptors (Lipinski definition) is 1. The van der Waals surface area contributed by atoms with Gasteiger partial charge in [-0.25, -0.2) is 0 Å². The first-order chi connectivity index (χ1) is 9.63. The lowest BCUT2D eigenvalue weighted by atomic mass is 9.91. The number of amides is 1. The summed E-state index contributed by atoms with van der Waals surface area (Å²) in [5.74, 6) is 2.03. The number of carbonyl (C=O) groups excluding carboxylic acids is 1. The summed E-state index contributed by atoms with van der Waals surface area (Å²) in [7, 11) is 0. The van der Waals surface area contributed by atoms with Crippen LogP contribution in [0.4, 0.5) is 0 Å². The van der Waals surface area contributed by atoms with Crippen molar-refractivity contribution in [3.05, 3.63) is 35.4 Å². The fourth-order valence-electron chi connectivity index (χ4n) is 3.39. The Kier molecular flexibility index (Phi) is 3.82. The van der Waals surface area contributed by atoms with Gasteiger partial charge >= 0.3 is 0 Å². The fourth-order valence-corrected chi connectivity index (χ4v) is 3.39. The molecule has 1 aliphatic heterocycles. The van der Waals surface area contributed by atoms with Crippen LogP contribution < -0.4 is 0 Å². The van der Waals surface area contributed by atoms with E-state index in [1.807, 2.05) is 0 Å². The van der Waals surface area contributed by atoms with Crippen LogP contribution in [0.5, 0.6) is 0 Å². The van der Waals surface area contributed by atoms with E-state index in [0.29, 0.717) is 23.7 Å². The third kappa shape index (κ3) is 3.05. The summed E-state index contributed by atoms with van der Waals surface area (Å²) in [6.07, 6.45) is 4.66. The molecule has 3 rings (SSSR count). The molecule has 0 bridgehead atoms. The first-order valence-electron chi connectivity index (χ1n) is 7.98. The van der Waals surface area contributed by atoms with Gasteiger partial charge in [0.2, 0.25) is 5.91 Å². The van der Waals surface area contributed by atoms with Crippen molar-refractivity contribution in [1.82, 2.24) is 4.90 Å². The quantitative estimate of drug-likeness (QED) is 0.824. The molecule has 1 saturated heterocycles. The van der Waals surface area contributed by atoms with Crippen molar-refractivity contribution in [2.45, 2.75) is 39.5 Å². The van der Waals surface area contributed by atoms with Gasteiger partial charge in [-0.1, -0.05) is 36.8 Å². The predicted octanol–water partition coefficient (Wildman–Crippen LogP) is 3.43. The van der Waals surface area contributed by atoms with Gasteiger partial charge in [0.15, 0.2) is 0 Å². The lowest BCUT2D eigenvalue weighted by Gasteiger charge is -2.33. The molecule has 2 fully saturated rings. The van der Waals surface area contributed by atoms with Gasteiger partial charge in [0, 0.05) is 19.0 Å². The third-order valence-corrected chi connectivity index (χ3v) is 4.90. The maximum absolute atomic E-state index is 12.3. The molecule has 3 unspecified atom stereocenters. The van der Waals surface area contributed by atoms with Crippen LogP contribution in [-0.4, -0.2) is 23.9 Å². The monoisotopic (exact) mass is 271 g/mol. The topological polar surface area (TPSA) is 20.3 Å². The van der Waals surface area contributed by atoms with Gasteiger partial charge < -0.3 is 4.90 Å². The Labute approximate surface area is 122 Å². The first kappa shape index (κ1) is 13.7. The Hall–Kier alpha value is -1.31. The molecule has 0 radical (unpaired) electrons. The van der Waals surface area contributed by atoms with Gasteiger partial charge in [0.25, 0.3) is 0 Å². The summed E-state index contributed by atoms with van der Waals surface area (Å²) in [6, 6.07) is 8.85. The SMILES string of the molecule is Cc1ccc(CC2CCCN(C(=O)C3CC3C)C2)cc1. The van der Waals surface area contributed by atoms with Crippen LogP contribution in [0.25, 0.3) is 0 Å². The zero-order valence-electron chi connectivity index (χ0n) is 12.6. The van der Waals surface area contributed by atoms with Crippen LogP contribution in [0.2, 0.25) is 0 Å². The molecule has 20 heavy (non-hydrogen) atoms. The van der Waals surface area contributed by atoms with Gasteiger partial charge in [-0.2, -0.15) is 0 Å². The number of carbonyl (C=O) groups is 1. The van der Waals surface area contributed by atoms with E-state index in [9.17, 15) is 4.79 Å². The number of aryl methyl sites for hydroxylation is 1. The van der Waals surface area contributed by atoms with Crippen molar-refractivity contribution >= 4 is 5.91 Å². The Bertz CT molecular complexity index is 479. The van der Waals surface area contributed by atoms with E-state index in [0.717, 1.165) is 25.9 Å². The van der Waals surface area contributed by atoms with Gasteiger partial charge in [-0.15, -0.1) is 0 Å². The minimum atomic E-state index is 0.341. The second-order valence-corrected chi connectivity index (χ2v) is 6.80. The molecular weight excluding hydrogens is 246 g/mol. The molecule has 1 heterocycles. The maximum atomic E-state index is 12.3. The first-order valence-corrected chi connectivity index (χ1v) is 7.98. The van der Waals surface area contributed by atoms with Crippen molar-refractivity contribution in [2.24, 2.45) is 17.8 Å². The number of rotatable bonds is 3. The lowest BCUT2D eigenvalue weighted by Crippen LogP contribution is -2.41. The molecule has 0 N–H and O–H groups in total. The molecule has 1 saturated carbocycles. The van der Waals surface area contributed by atoms with E-state index in [1.54, 1.807) is 0 Å². The zero-order valence-corrected chi connectivity index (χ0v) is 12.6. The number of benzene rings is 1. The van der Waals surface area contributed by atoms with Gasteiger partial charge in [-0.3, -0.25) is 4.79 Å². The number of hydrogen-bond donors (Lipinski definition) is 0. The van der Waals surface area contributed by atoms with Crippen molar-refractivity contribution in [1.29, 1.82) is 0 Å². The summed E-state index contributed by atoms with van der Waals surface area (Å²) in [6.45, 7) is 6.26. The summed E-state index contributed by atoms with van der Waals surface area (Å²) < 4.78 is 0. The number of piperidine rings is 1. The molecular formula is C18H25NO. The maximum Gasteiger partial charge on any atom is 0.225 e. The smallest absolute Gasteiger partial charge is 0.225 e. The van der Waals surface area contributed by atoms with E-state index in [4.69, 9.17) is 0 Å². The molecule has 0 aromatic heterocycles. The Morgan fingerprint density at radius 1 is 1.30 bits per heavy atom. The highest BCUT2D eigenvalue weighted by Crippen LogP contribution is 2.40. The molecule has 2 heteroatoms. The van der Waals surface area contributed by atoms with E-state index < -0.39 is 0 Å². The Morgan fingerprint density at radius 2 is 2.00 bits per heavy atom. The lowest BCUT2D eigenvalue weighted by molar-refractivity contribution is -0.134. The second kappa shape index (κ2) is 5.59. The minimum Gasteiger partial charge on any atom is -0.342 e. The van der Waals surface area contributed by atoms with E-state index in [-0.39, 0.29) is 0 Å². The molecule has 1 aliphatic carbocycles. The Balaban J connectivity index is 1.57. The predicted molar refractivity (Wildman–Crippen MR) is 81.5 cm³/mol. The molecule has 1 aromatic carbocycles. The molecule has 1 aromatic rings. The largest absolute Gasteiger partial charge is 0.342 e. The highest BCUT2D eigenvalue weighted by Gasteiger charge is 2.42. The zero-order chi connectivity index (χ0) is 14.1. The molecule has 0 spiro atoms. The number of likely N-dealkylation sites (tertiary alicyclic amines) is 1. The van der Waals surface area contributed by atoms with Crippen LogP contribution in [0, 0.1) is 24.7 Å². The van der Waals surface area contributed by atoms with Crippen LogP contribution in [0.15, 0.2) is 24.3 Å². The minimum absolute atomic E-state index is 0.341. The van der Waals surface area contributed by atoms with Crippen LogP contribution in [0.3, 0.4) is 0 Å². The van der Waals surface area contributed by atoms with Gasteiger partial charge in [-0.05, 0) is 50.0 Å². The van der Waals surface area contributed by atoms with Crippen LogP contribution in [0.1, 0.15) is 37.3 Å². The van der Waals surface area contributed by atoms with E-state index >= 15 is 0 Å². The Morgan fingerprint density at radius 3 is 2.65 bits per heavy atom. The molecule has 3 atom stereocenters. The van der Waals surface area contributed by atoms with E-state index in [1.165, 1.54) is 24.0 Å². The fraction of sp³-hybridized carbons (Fsp3) is 0.611. The molecule has 108 valence electrons. The molecule has 2 nitrogen and oxygen atoms in total. The van der Waals surface area contributed by atoms with Crippen LogP contribution in [-0.2, 0) is 11.2 Å². The summed E-state index contributed by atoms with van der Waals surface area (Å²) in [4.78, 5) is 14.5. The standard InChI is InChI=1S/C18H25NO/c1-13-5-7-15(8-6-13)11-16-4-3-9-19(12-16)18(20)17-10-14(17)2/h5-8,14,16-17H,3-4,9-12H2,1-2H3. The normalized spacial score (nSPS) is 29.3. The van der Waals surface area contributed by atoms with Crippen molar-refractivity contribution in [3.8, 4) is 0 Å². The van der Waals surface area contributed by atoms with Gasteiger partial charge in [0.1, 0.15) is 0 Å². The highest BCUT2D eigenvalue weighted by atomic mass is 16.2. The van der Waals surface area contributed by atoms with Crippen molar-refractivity contribution in [2.75, 3.05) is 13.1 Å². The van der Waals surface area contributed by atoms with E-state index in [2.05, 4.69) is 43.0 Å². The second-order valence-electron chi connectivity index (χ2n) is 6.80. The summed E-state index contributed by atoms with van der Waals surface area (Å²) >= 11 is 0. The summed E-state index contributed by atoms with van der Waals surface area (Å²) in [5, 5.41) is 0. The molecule has 1 amide bonds. The number of nitrogens with zero attached hydrogens (tertiary/aromatic N) is 1.